The van der Waals surface area contributed by atoms with Crippen LogP contribution in [0.4, 0.5) is 26.3 Å². The lowest BCUT2D eigenvalue weighted by molar-refractivity contribution is -0.138. The van der Waals surface area contributed by atoms with Crippen LogP contribution in [0.5, 0.6) is 11.5 Å². The fourth-order valence-corrected chi connectivity index (χ4v) is 1.78. The standard InChI is InChI=1S/2C8H5F3O3/c2*9-8(10,11)4-1-2-5(7(13)14)6(12)3-4/h2*1-3,12H,(H,13,14). The predicted octanol–water partition coefficient (Wildman–Crippen LogP) is 4.22. The van der Waals surface area contributed by atoms with Crippen molar-refractivity contribution in [2.45, 2.75) is 12.4 Å². The van der Waals surface area contributed by atoms with E-state index in [0.717, 1.165) is 0 Å². The topological polar surface area (TPSA) is 115 Å². The Hall–Kier alpha value is -3.44. The highest BCUT2D eigenvalue weighted by Gasteiger charge is 2.32. The summed E-state index contributed by atoms with van der Waals surface area (Å²) < 4.78 is 72.3. The van der Waals surface area contributed by atoms with Gasteiger partial charge in [-0.3, -0.25) is 0 Å². The number of halogens is 6. The van der Waals surface area contributed by atoms with Crippen molar-refractivity contribution in [1.29, 1.82) is 0 Å². The predicted molar refractivity (Wildman–Crippen MR) is 80.1 cm³/mol. The van der Waals surface area contributed by atoms with Crippen molar-refractivity contribution < 1.29 is 56.4 Å². The van der Waals surface area contributed by atoms with Crippen LogP contribution in [0.3, 0.4) is 0 Å². The van der Waals surface area contributed by atoms with Gasteiger partial charge >= 0.3 is 24.3 Å². The molecule has 0 aromatic heterocycles. The number of hydrogen-bond acceptors (Lipinski definition) is 4. The average Bonchev–Trinajstić information content (AvgIpc) is 2.52. The summed E-state index contributed by atoms with van der Waals surface area (Å²) in [7, 11) is 0. The van der Waals surface area contributed by atoms with Gasteiger partial charge in [-0.1, -0.05) is 0 Å². The van der Waals surface area contributed by atoms with Gasteiger partial charge < -0.3 is 20.4 Å². The van der Waals surface area contributed by atoms with Gasteiger partial charge in [0.2, 0.25) is 0 Å². The molecule has 0 unspecified atom stereocenters. The van der Waals surface area contributed by atoms with Crippen molar-refractivity contribution in [1.82, 2.24) is 0 Å². The molecule has 4 N–H and O–H groups in total. The molecule has 2 aromatic rings. The van der Waals surface area contributed by atoms with Gasteiger partial charge in [0, 0.05) is 0 Å². The summed E-state index contributed by atoms with van der Waals surface area (Å²) in [5.74, 6) is -4.74. The van der Waals surface area contributed by atoms with Gasteiger partial charge in [-0.25, -0.2) is 9.59 Å². The molecule has 0 radical (unpaired) electrons. The van der Waals surface area contributed by atoms with Crippen molar-refractivity contribution in [2.24, 2.45) is 0 Å². The lowest BCUT2D eigenvalue weighted by atomic mass is 10.1. The average molecular weight is 412 g/mol. The van der Waals surface area contributed by atoms with Crippen LogP contribution in [0.2, 0.25) is 0 Å². The largest absolute Gasteiger partial charge is 0.507 e. The van der Waals surface area contributed by atoms with Crippen LogP contribution in [0.25, 0.3) is 0 Å². The van der Waals surface area contributed by atoms with Gasteiger partial charge in [0.15, 0.2) is 0 Å². The Morgan fingerprint density at radius 1 is 0.643 bits per heavy atom. The number of carboxylic acids is 2. The molecule has 0 aliphatic rings. The van der Waals surface area contributed by atoms with E-state index in [1.165, 1.54) is 0 Å². The highest BCUT2D eigenvalue weighted by molar-refractivity contribution is 5.91. The molecule has 2 aromatic carbocycles. The van der Waals surface area contributed by atoms with E-state index < -0.39 is 58.0 Å². The Morgan fingerprint density at radius 3 is 1.11 bits per heavy atom. The first-order valence-corrected chi connectivity index (χ1v) is 6.91. The summed E-state index contributed by atoms with van der Waals surface area (Å²) in [6.07, 6.45) is -9.18. The maximum absolute atomic E-state index is 12.0. The number of phenols is 2. The zero-order valence-corrected chi connectivity index (χ0v) is 13.3. The Morgan fingerprint density at radius 2 is 0.929 bits per heavy atom. The molecule has 0 fully saturated rings. The normalized spacial score (nSPS) is 11.4. The minimum atomic E-state index is -4.59. The number of benzene rings is 2. The number of alkyl halides is 6. The lowest BCUT2D eigenvalue weighted by Crippen LogP contribution is -2.06. The number of hydrogen-bond donors (Lipinski definition) is 4. The van der Waals surface area contributed by atoms with E-state index in [-0.39, 0.29) is 0 Å². The third-order valence-electron chi connectivity index (χ3n) is 3.11. The van der Waals surface area contributed by atoms with Gasteiger partial charge in [-0.15, -0.1) is 0 Å². The molecule has 0 saturated carbocycles. The van der Waals surface area contributed by atoms with Crippen LogP contribution >= 0.6 is 0 Å². The lowest BCUT2D eigenvalue weighted by Gasteiger charge is -2.07. The van der Waals surface area contributed by atoms with E-state index in [9.17, 15) is 35.9 Å². The van der Waals surface area contributed by atoms with Crippen molar-refractivity contribution in [3.63, 3.8) is 0 Å². The Balaban J connectivity index is 0.000000280. The van der Waals surface area contributed by atoms with Gasteiger partial charge in [-0.05, 0) is 36.4 Å². The SMILES string of the molecule is O=C(O)c1ccc(C(F)(F)F)cc1O.O=C(O)c1ccc(C(F)(F)F)cc1O. The molecule has 12 heteroatoms. The van der Waals surface area contributed by atoms with Crippen molar-refractivity contribution in [2.75, 3.05) is 0 Å². The number of rotatable bonds is 2. The van der Waals surface area contributed by atoms with E-state index in [2.05, 4.69) is 0 Å². The zero-order valence-electron chi connectivity index (χ0n) is 13.3. The second-order valence-electron chi connectivity index (χ2n) is 5.07. The summed E-state index contributed by atoms with van der Waals surface area (Å²) in [6, 6.07) is 3.38. The summed E-state index contributed by atoms with van der Waals surface area (Å²) in [4.78, 5) is 20.7. The quantitative estimate of drug-likeness (QED) is 0.549. The van der Waals surface area contributed by atoms with Gasteiger partial charge in [0.1, 0.15) is 22.6 Å². The van der Waals surface area contributed by atoms with Gasteiger partial charge in [-0.2, -0.15) is 26.3 Å². The van der Waals surface area contributed by atoms with E-state index in [4.69, 9.17) is 20.4 Å². The molecular weight excluding hydrogens is 402 g/mol. The van der Waals surface area contributed by atoms with E-state index in [1.54, 1.807) is 0 Å². The third-order valence-corrected chi connectivity index (χ3v) is 3.11. The van der Waals surface area contributed by atoms with E-state index in [0.29, 0.717) is 36.4 Å². The molecule has 0 spiro atoms. The first-order valence-electron chi connectivity index (χ1n) is 6.91. The highest BCUT2D eigenvalue weighted by atomic mass is 19.4. The molecular formula is C16H10F6O6. The van der Waals surface area contributed by atoms with Crippen LogP contribution in [0.15, 0.2) is 36.4 Å². The second kappa shape index (κ2) is 8.06. The number of aromatic carboxylic acids is 2. The smallest absolute Gasteiger partial charge is 0.416 e. The summed E-state index contributed by atoms with van der Waals surface area (Å²) in [5, 5.41) is 34.7. The first kappa shape index (κ1) is 22.6. The van der Waals surface area contributed by atoms with Crippen molar-refractivity contribution in [3.8, 4) is 11.5 Å². The van der Waals surface area contributed by atoms with E-state index >= 15 is 0 Å². The van der Waals surface area contributed by atoms with Crippen LogP contribution in [-0.2, 0) is 12.4 Å². The molecule has 0 heterocycles. The van der Waals surface area contributed by atoms with E-state index in [1.807, 2.05) is 0 Å². The van der Waals surface area contributed by atoms with Gasteiger partial charge in [0.25, 0.3) is 0 Å². The fraction of sp³-hybridized carbons (Fsp3) is 0.125. The van der Waals surface area contributed by atoms with Crippen LogP contribution in [0.1, 0.15) is 31.8 Å². The second-order valence-corrected chi connectivity index (χ2v) is 5.07. The summed E-state index contributed by atoms with van der Waals surface area (Å²) in [6.45, 7) is 0. The number of aromatic hydroxyl groups is 2. The minimum absolute atomic E-state index is 0.378. The van der Waals surface area contributed by atoms with Gasteiger partial charge in [0.05, 0.1) is 11.1 Å². The molecule has 0 aliphatic heterocycles. The molecule has 28 heavy (non-hydrogen) atoms. The van der Waals surface area contributed by atoms with Crippen molar-refractivity contribution >= 4 is 11.9 Å². The molecule has 0 atom stereocenters. The monoisotopic (exact) mass is 412 g/mol. The Kier molecular flexibility index (Phi) is 6.51. The van der Waals surface area contributed by atoms with Crippen LogP contribution < -0.4 is 0 Å². The molecule has 6 nitrogen and oxygen atoms in total. The first-order chi connectivity index (χ1) is 12.6. The molecule has 0 aliphatic carbocycles. The third kappa shape index (κ3) is 5.79. The van der Waals surface area contributed by atoms with Crippen LogP contribution in [-0.4, -0.2) is 32.4 Å². The minimum Gasteiger partial charge on any atom is -0.507 e. The molecule has 152 valence electrons. The maximum Gasteiger partial charge on any atom is 0.416 e. The zero-order chi connectivity index (χ0) is 21.9. The molecule has 0 bridgehead atoms. The highest BCUT2D eigenvalue weighted by Crippen LogP contribution is 2.33. The maximum atomic E-state index is 12.0. The Bertz CT molecular complexity index is 815. The number of carbonyl (C=O) groups is 2. The van der Waals surface area contributed by atoms with Crippen LogP contribution in [0, 0.1) is 0 Å². The summed E-state index contributed by atoms with van der Waals surface area (Å²) >= 11 is 0. The molecule has 0 amide bonds. The Labute approximate surface area is 151 Å². The van der Waals surface area contributed by atoms with Crippen molar-refractivity contribution in [3.05, 3.63) is 58.7 Å². The molecule has 0 saturated heterocycles. The number of carboxylic acid groups (broad SMARTS) is 2. The fourth-order valence-electron chi connectivity index (χ4n) is 1.78. The molecule has 2 rings (SSSR count). The summed E-state index contributed by atoms with van der Waals surface area (Å²) in [5.41, 5.74) is -3.28.